The Hall–Kier alpha value is -0.860. The highest BCUT2D eigenvalue weighted by molar-refractivity contribution is 6.36. The minimum atomic E-state index is -0.237. The lowest BCUT2D eigenvalue weighted by Gasteiger charge is -2.27. The van der Waals surface area contributed by atoms with Crippen molar-refractivity contribution in [3.8, 4) is 0 Å². The fourth-order valence-electron chi connectivity index (χ4n) is 1.97. The number of amides is 1. The molecular formula is C8H11NO2. The van der Waals surface area contributed by atoms with Crippen LogP contribution in [-0.2, 0) is 9.59 Å². The quantitative estimate of drug-likeness (QED) is 0.470. The molecule has 2 heterocycles. The first-order valence-electron chi connectivity index (χ1n) is 4.13. The maximum absolute atomic E-state index is 11.2. The van der Waals surface area contributed by atoms with Crippen molar-refractivity contribution in [3.63, 3.8) is 0 Å². The average Bonchev–Trinajstić information content (AvgIpc) is 2.45. The summed E-state index contributed by atoms with van der Waals surface area (Å²) in [6, 6.07) is 0.389. The second-order valence-electron chi connectivity index (χ2n) is 3.26. The highest BCUT2D eigenvalue weighted by Gasteiger charge is 2.36. The van der Waals surface area contributed by atoms with Gasteiger partial charge in [0.1, 0.15) is 0 Å². The largest absolute Gasteiger partial charge is 0.333 e. The maximum Gasteiger partial charge on any atom is 0.290 e. The number of rotatable bonds is 0. The fourth-order valence-corrected chi connectivity index (χ4v) is 1.97. The van der Waals surface area contributed by atoms with Crippen LogP contribution in [0.25, 0.3) is 0 Å². The first kappa shape index (κ1) is 6.83. The molecule has 0 aromatic rings. The van der Waals surface area contributed by atoms with Gasteiger partial charge in [-0.05, 0) is 19.3 Å². The molecule has 0 aromatic heterocycles. The molecule has 3 heteroatoms. The summed E-state index contributed by atoms with van der Waals surface area (Å²) in [6.45, 7) is 0.801. The van der Waals surface area contributed by atoms with Gasteiger partial charge < -0.3 is 4.90 Å². The maximum atomic E-state index is 11.2. The molecule has 0 N–H and O–H groups in total. The molecule has 0 aromatic carbocycles. The molecule has 2 aliphatic heterocycles. The van der Waals surface area contributed by atoms with Crippen LogP contribution in [0.5, 0.6) is 0 Å². The summed E-state index contributed by atoms with van der Waals surface area (Å²) < 4.78 is 0. The van der Waals surface area contributed by atoms with Gasteiger partial charge in [-0.3, -0.25) is 9.59 Å². The van der Waals surface area contributed by atoms with Gasteiger partial charge in [0.2, 0.25) is 5.78 Å². The van der Waals surface area contributed by atoms with Gasteiger partial charge in [-0.25, -0.2) is 0 Å². The van der Waals surface area contributed by atoms with E-state index in [0.29, 0.717) is 12.5 Å². The Morgan fingerprint density at radius 3 is 2.91 bits per heavy atom. The Morgan fingerprint density at radius 1 is 1.27 bits per heavy atom. The summed E-state index contributed by atoms with van der Waals surface area (Å²) in [5.41, 5.74) is 0. The van der Waals surface area contributed by atoms with E-state index < -0.39 is 0 Å². The van der Waals surface area contributed by atoms with Gasteiger partial charge >= 0.3 is 0 Å². The molecule has 1 unspecified atom stereocenters. The smallest absolute Gasteiger partial charge is 0.290 e. The summed E-state index contributed by atoms with van der Waals surface area (Å²) >= 11 is 0. The molecule has 1 atom stereocenters. The normalized spacial score (nSPS) is 30.9. The molecule has 0 saturated carbocycles. The van der Waals surface area contributed by atoms with E-state index in [-0.39, 0.29) is 11.7 Å². The van der Waals surface area contributed by atoms with Crippen LogP contribution in [-0.4, -0.2) is 29.2 Å². The van der Waals surface area contributed by atoms with Crippen LogP contribution in [0.15, 0.2) is 0 Å². The monoisotopic (exact) mass is 153 g/mol. The summed E-state index contributed by atoms with van der Waals surface area (Å²) in [5, 5.41) is 0. The van der Waals surface area contributed by atoms with Crippen molar-refractivity contribution in [2.45, 2.75) is 31.7 Å². The van der Waals surface area contributed by atoms with Crippen LogP contribution in [0.2, 0.25) is 0 Å². The van der Waals surface area contributed by atoms with Crippen molar-refractivity contribution in [2.75, 3.05) is 6.54 Å². The molecule has 2 fully saturated rings. The number of piperidine rings is 1. The molecule has 3 nitrogen and oxygen atoms in total. The molecule has 2 saturated heterocycles. The zero-order valence-corrected chi connectivity index (χ0v) is 6.38. The van der Waals surface area contributed by atoms with Crippen LogP contribution in [0.4, 0.5) is 0 Å². The number of carbonyl (C=O) groups is 2. The third-order valence-electron chi connectivity index (χ3n) is 2.58. The topological polar surface area (TPSA) is 37.4 Å². The van der Waals surface area contributed by atoms with E-state index in [1.165, 1.54) is 0 Å². The van der Waals surface area contributed by atoms with E-state index in [9.17, 15) is 9.59 Å². The molecule has 60 valence electrons. The third-order valence-corrected chi connectivity index (χ3v) is 2.58. The average molecular weight is 153 g/mol. The van der Waals surface area contributed by atoms with Crippen LogP contribution in [0, 0.1) is 0 Å². The van der Waals surface area contributed by atoms with Crippen molar-refractivity contribution >= 4 is 11.7 Å². The van der Waals surface area contributed by atoms with Crippen LogP contribution in [0.3, 0.4) is 0 Å². The summed E-state index contributed by atoms with van der Waals surface area (Å²) in [4.78, 5) is 23.9. The van der Waals surface area contributed by atoms with Gasteiger partial charge in [0.25, 0.3) is 5.91 Å². The number of hydrogen-bond acceptors (Lipinski definition) is 2. The van der Waals surface area contributed by atoms with Gasteiger partial charge in [0.15, 0.2) is 0 Å². The van der Waals surface area contributed by atoms with Gasteiger partial charge in [0, 0.05) is 19.0 Å². The van der Waals surface area contributed by atoms with Crippen molar-refractivity contribution < 1.29 is 9.59 Å². The fraction of sp³-hybridized carbons (Fsp3) is 0.750. The predicted octanol–water partition coefficient (Wildman–Crippen LogP) is 0.340. The number of carbonyl (C=O) groups excluding carboxylic acids is 2. The van der Waals surface area contributed by atoms with Crippen molar-refractivity contribution in [2.24, 2.45) is 0 Å². The standard InChI is InChI=1S/C8H11NO2/c10-7-4-3-6-2-1-5-9(6)8(7)11/h6H,1-5H2. The number of fused-ring (bicyclic) bond motifs is 1. The molecule has 2 rings (SSSR count). The van der Waals surface area contributed by atoms with Crippen molar-refractivity contribution in [1.82, 2.24) is 4.90 Å². The van der Waals surface area contributed by atoms with E-state index in [4.69, 9.17) is 0 Å². The Balaban J connectivity index is 2.18. The first-order valence-corrected chi connectivity index (χ1v) is 4.13. The van der Waals surface area contributed by atoms with Crippen molar-refractivity contribution in [1.29, 1.82) is 0 Å². The summed E-state index contributed by atoms with van der Waals surface area (Å²) in [5.74, 6) is -0.429. The second-order valence-corrected chi connectivity index (χ2v) is 3.26. The minimum Gasteiger partial charge on any atom is -0.333 e. The third kappa shape index (κ3) is 0.951. The lowest BCUT2D eigenvalue weighted by molar-refractivity contribution is -0.148. The Labute approximate surface area is 65.4 Å². The predicted molar refractivity (Wildman–Crippen MR) is 39.0 cm³/mol. The summed E-state index contributed by atoms with van der Waals surface area (Å²) in [7, 11) is 0. The molecule has 0 bridgehead atoms. The Morgan fingerprint density at radius 2 is 2.09 bits per heavy atom. The van der Waals surface area contributed by atoms with E-state index in [2.05, 4.69) is 0 Å². The molecular weight excluding hydrogens is 142 g/mol. The highest BCUT2D eigenvalue weighted by atomic mass is 16.2. The van der Waals surface area contributed by atoms with E-state index in [1.807, 2.05) is 0 Å². The zero-order chi connectivity index (χ0) is 7.84. The molecule has 1 amide bonds. The molecule has 2 aliphatic rings. The number of hydrogen-bond donors (Lipinski definition) is 0. The molecule has 0 spiro atoms. The first-order chi connectivity index (χ1) is 5.29. The molecule has 0 radical (unpaired) electrons. The SMILES string of the molecule is O=C1CCC2CCCN2C1=O. The Kier molecular flexibility index (Phi) is 1.44. The van der Waals surface area contributed by atoms with Gasteiger partial charge in [-0.1, -0.05) is 0 Å². The van der Waals surface area contributed by atoms with Crippen LogP contribution in [0.1, 0.15) is 25.7 Å². The lowest BCUT2D eigenvalue weighted by atomic mass is 10.0. The number of Topliss-reactive ketones (excluding diaryl/α,β-unsaturated/α-hetero) is 1. The highest BCUT2D eigenvalue weighted by Crippen LogP contribution is 2.25. The van der Waals surface area contributed by atoms with Crippen LogP contribution >= 0.6 is 0 Å². The number of nitrogens with zero attached hydrogens (tertiary/aromatic N) is 1. The molecule has 11 heavy (non-hydrogen) atoms. The van der Waals surface area contributed by atoms with Gasteiger partial charge in [-0.15, -0.1) is 0 Å². The van der Waals surface area contributed by atoms with Crippen LogP contribution < -0.4 is 0 Å². The Bertz CT molecular complexity index is 212. The number of ketones is 1. The second kappa shape index (κ2) is 2.32. The lowest BCUT2D eigenvalue weighted by Crippen LogP contribution is -2.44. The van der Waals surface area contributed by atoms with Gasteiger partial charge in [0.05, 0.1) is 0 Å². The van der Waals surface area contributed by atoms with Crippen molar-refractivity contribution in [3.05, 3.63) is 0 Å². The van der Waals surface area contributed by atoms with E-state index >= 15 is 0 Å². The minimum absolute atomic E-state index is 0.192. The van der Waals surface area contributed by atoms with E-state index in [1.54, 1.807) is 4.90 Å². The molecule has 0 aliphatic carbocycles. The summed E-state index contributed by atoms with van der Waals surface area (Å²) in [6.07, 6.45) is 3.53. The zero-order valence-electron chi connectivity index (χ0n) is 6.38. The van der Waals surface area contributed by atoms with E-state index in [0.717, 1.165) is 25.8 Å². The van der Waals surface area contributed by atoms with Gasteiger partial charge in [-0.2, -0.15) is 0 Å².